The third kappa shape index (κ3) is 4.35. The molecule has 0 aliphatic heterocycles. The van der Waals surface area contributed by atoms with Gasteiger partial charge in [-0.3, -0.25) is 10.1 Å². The van der Waals surface area contributed by atoms with Crippen molar-refractivity contribution >= 4 is 25.4 Å². The lowest BCUT2D eigenvalue weighted by Crippen LogP contribution is -2.19. The average Bonchev–Trinajstić information content (AvgIpc) is 2.23. The first-order chi connectivity index (χ1) is 9.33. The Labute approximate surface area is 116 Å². The van der Waals surface area contributed by atoms with Crippen LogP contribution in [0.3, 0.4) is 0 Å². The zero-order chi connectivity index (χ0) is 16.6. The van der Waals surface area contributed by atoms with E-state index in [2.05, 4.69) is 9.72 Å². The lowest BCUT2D eigenvalue weighted by molar-refractivity contribution is -0.389. The van der Waals surface area contributed by atoms with Gasteiger partial charge in [0, 0.05) is 16.7 Å². The van der Waals surface area contributed by atoms with Crippen molar-refractivity contribution in [1.82, 2.24) is 4.98 Å². The van der Waals surface area contributed by atoms with E-state index in [9.17, 15) is 40.5 Å². The maximum Gasteiger partial charge on any atom is 0.574 e. The second kappa shape index (κ2) is 5.55. The Morgan fingerprint density at radius 1 is 1.38 bits per heavy atom. The van der Waals surface area contributed by atoms with Crippen LogP contribution >= 0.6 is 10.7 Å². The summed E-state index contributed by atoms with van der Waals surface area (Å²) in [5.74, 6) is -1.62. The smallest absolute Gasteiger partial charge is 0.388 e. The molecule has 0 bridgehead atoms. The average molecular weight is 357 g/mol. The Kier molecular flexibility index (Phi) is 4.57. The number of alkyl halides is 5. The molecular weight excluding hydrogens is 355 g/mol. The standard InChI is InChI=1S/C7H2ClF5N2O5S/c8-21(18,19)2-1-3(20-7(11,12)13)14-4(6(9)10)5(2)15(16)17/h1,6H. The lowest BCUT2D eigenvalue weighted by Gasteiger charge is -2.11. The van der Waals surface area contributed by atoms with Crippen LogP contribution in [0.1, 0.15) is 12.1 Å². The summed E-state index contributed by atoms with van der Waals surface area (Å²) in [5, 5.41) is 10.6. The summed E-state index contributed by atoms with van der Waals surface area (Å²) in [6.45, 7) is 0. The summed E-state index contributed by atoms with van der Waals surface area (Å²) in [4.78, 5) is 10.1. The summed E-state index contributed by atoms with van der Waals surface area (Å²) in [5.41, 5.74) is -3.55. The van der Waals surface area contributed by atoms with E-state index in [0.717, 1.165) is 0 Å². The molecular formula is C7H2ClF5N2O5S. The van der Waals surface area contributed by atoms with Gasteiger partial charge in [0.25, 0.3) is 15.5 Å². The van der Waals surface area contributed by atoms with E-state index < -0.39 is 48.9 Å². The number of rotatable bonds is 4. The van der Waals surface area contributed by atoms with Gasteiger partial charge in [0.1, 0.15) is 0 Å². The molecule has 14 heteroatoms. The predicted molar refractivity (Wildman–Crippen MR) is 55.6 cm³/mol. The Hall–Kier alpha value is -1.76. The Balaban J connectivity index is 3.70. The van der Waals surface area contributed by atoms with E-state index in [-0.39, 0.29) is 6.07 Å². The largest absolute Gasteiger partial charge is 0.574 e. The van der Waals surface area contributed by atoms with Crippen LogP contribution in [0.5, 0.6) is 5.88 Å². The molecule has 7 nitrogen and oxygen atoms in total. The molecule has 1 aromatic rings. The minimum atomic E-state index is -5.38. The van der Waals surface area contributed by atoms with Gasteiger partial charge in [-0.15, -0.1) is 13.2 Å². The minimum Gasteiger partial charge on any atom is -0.388 e. The molecule has 0 aromatic carbocycles. The molecule has 0 aliphatic carbocycles. The molecule has 0 spiro atoms. The normalized spacial score (nSPS) is 12.5. The molecule has 21 heavy (non-hydrogen) atoms. The maximum atomic E-state index is 12.6. The first-order valence-corrected chi connectivity index (χ1v) is 6.81. The van der Waals surface area contributed by atoms with Crippen LogP contribution in [0.25, 0.3) is 0 Å². The third-order valence-corrected chi connectivity index (χ3v) is 3.17. The van der Waals surface area contributed by atoms with Crippen molar-refractivity contribution in [2.75, 3.05) is 0 Å². The van der Waals surface area contributed by atoms with Crippen molar-refractivity contribution in [3.63, 3.8) is 0 Å². The van der Waals surface area contributed by atoms with Gasteiger partial charge >= 0.3 is 12.0 Å². The van der Waals surface area contributed by atoms with Crippen LogP contribution in [-0.2, 0) is 9.05 Å². The maximum absolute atomic E-state index is 12.6. The molecule has 0 aliphatic rings. The second-order valence-corrected chi connectivity index (χ2v) is 5.77. The quantitative estimate of drug-likeness (QED) is 0.356. The van der Waals surface area contributed by atoms with Crippen LogP contribution < -0.4 is 4.74 Å². The van der Waals surface area contributed by atoms with Crippen LogP contribution in [0.4, 0.5) is 27.6 Å². The highest BCUT2D eigenvalue weighted by Crippen LogP contribution is 2.38. The summed E-state index contributed by atoms with van der Waals surface area (Å²) in [7, 11) is -0.217. The molecule has 0 fully saturated rings. The van der Waals surface area contributed by atoms with E-state index in [1.54, 1.807) is 0 Å². The molecule has 0 amide bonds. The van der Waals surface area contributed by atoms with E-state index in [1.807, 2.05) is 0 Å². The fraction of sp³-hybridized carbons (Fsp3) is 0.286. The van der Waals surface area contributed by atoms with Gasteiger partial charge in [-0.05, 0) is 0 Å². The first-order valence-electron chi connectivity index (χ1n) is 4.51. The fourth-order valence-corrected chi connectivity index (χ4v) is 2.21. The van der Waals surface area contributed by atoms with E-state index in [0.29, 0.717) is 0 Å². The molecule has 1 heterocycles. The molecule has 0 radical (unpaired) electrons. The molecule has 1 aromatic heterocycles. The van der Waals surface area contributed by atoms with Crippen LogP contribution in [0.15, 0.2) is 11.0 Å². The highest BCUT2D eigenvalue weighted by atomic mass is 35.7. The van der Waals surface area contributed by atoms with Crippen molar-refractivity contribution < 1.29 is 40.0 Å². The van der Waals surface area contributed by atoms with Gasteiger partial charge in [-0.1, -0.05) is 0 Å². The van der Waals surface area contributed by atoms with Crippen LogP contribution in [-0.4, -0.2) is 24.7 Å². The highest BCUT2D eigenvalue weighted by molar-refractivity contribution is 8.13. The van der Waals surface area contributed by atoms with Crippen LogP contribution in [0, 0.1) is 10.1 Å². The van der Waals surface area contributed by atoms with Gasteiger partial charge in [-0.25, -0.2) is 22.2 Å². The van der Waals surface area contributed by atoms with E-state index in [1.165, 1.54) is 0 Å². The number of halogens is 6. The van der Waals surface area contributed by atoms with Crippen molar-refractivity contribution in [2.45, 2.75) is 17.7 Å². The SMILES string of the molecule is O=[N+]([O-])c1c(S(=O)(=O)Cl)cc(OC(F)(F)F)nc1C(F)F. The van der Waals surface area contributed by atoms with Gasteiger partial charge < -0.3 is 4.74 Å². The summed E-state index contributed by atoms with van der Waals surface area (Å²) < 4.78 is 86.6. The summed E-state index contributed by atoms with van der Waals surface area (Å²) in [6, 6.07) is -0.0696. The zero-order valence-corrected chi connectivity index (χ0v) is 10.8. The zero-order valence-electron chi connectivity index (χ0n) is 9.27. The Bertz CT molecular complexity index is 677. The number of ether oxygens (including phenoxy) is 1. The molecule has 118 valence electrons. The number of nitrogens with zero attached hydrogens (tertiary/aromatic N) is 2. The Morgan fingerprint density at radius 3 is 2.24 bits per heavy atom. The molecule has 0 saturated heterocycles. The lowest BCUT2D eigenvalue weighted by atomic mass is 10.3. The summed E-state index contributed by atoms with van der Waals surface area (Å²) >= 11 is 0. The van der Waals surface area contributed by atoms with Gasteiger partial charge in [-0.2, -0.15) is 0 Å². The molecule has 0 unspecified atom stereocenters. The Morgan fingerprint density at radius 2 is 1.90 bits per heavy atom. The van der Waals surface area contributed by atoms with Crippen molar-refractivity contribution in [1.29, 1.82) is 0 Å². The summed E-state index contributed by atoms with van der Waals surface area (Å²) in [6.07, 6.45) is -9.12. The third-order valence-electron chi connectivity index (χ3n) is 1.83. The number of aromatic nitrogens is 1. The number of hydrogen-bond acceptors (Lipinski definition) is 6. The first kappa shape index (κ1) is 17.3. The highest BCUT2D eigenvalue weighted by Gasteiger charge is 2.38. The van der Waals surface area contributed by atoms with Crippen molar-refractivity contribution in [3.05, 3.63) is 21.9 Å². The monoisotopic (exact) mass is 356 g/mol. The number of pyridine rings is 1. The fourth-order valence-electron chi connectivity index (χ4n) is 1.20. The van der Waals surface area contributed by atoms with Crippen molar-refractivity contribution in [2.24, 2.45) is 0 Å². The van der Waals surface area contributed by atoms with Gasteiger partial charge in [0.05, 0.1) is 4.92 Å². The van der Waals surface area contributed by atoms with Crippen molar-refractivity contribution in [3.8, 4) is 5.88 Å². The van der Waals surface area contributed by atoms with Crippen LogP contribution in [0.2, 0.25) is 0 Å². The number of hydrogen-bond donors (Lipinski definition) is 0. The number of nitro groups is 1. The molecule has 1 rings (SSSR count). The van der Waals surface area contributed by atoms with E-state index in [4.69, 9.17) is 10.7 Å². The van der Waals surface area contributed by atoms with Gasteiger partial charge in [0.2, 0.25) is 5.88 Å². The second-order valence-electron chi connectivity index (χ2n) is 3.24. The van der Waals surface area contributed by atoms with E-state index >= 15 is 0 Å². The molecule has 0 atom stereocenters. The molecule has 0 N–H and O–H groups in total. The predicted octanol–water partition coefficient (Wildman–Crippen LogP) is 2.75. The molecule has 0 saturated carbocycles. The topological polar surface area (TPSA) is 99.4 Å². The minimum absolute atomic E-state index is 0.0696. The van der Waals surface area contributed by atoms with Gasteiger partial charge in [0.15, 0.2) is 10.6 Å².